The number of hydrogen-bond donors (Lipinski definition) is 0. The SMILES string of the molecule is Cc1cccc2sc(N3CCC(C(=O)N4CCSCC4)CC3)nc12. The molecule has 0 aliphatic carbocycles. The number of hydrogen-bond acceptors (Lipinski definition) is 5. The third kappa shape index (κ3) is 3.14. The molecule has 0 radical (unpaired) electrons. The van der Waals surface area contributed by atoms with E-state index >= 15 is 0 Å². The van der Waals surface area contributed by atoms with Crippen molar-refractivity contribution in [1.82, 2.24) is 9.88 Å². The molecule has 4 nitrogen and oxygen atoms in total. The standard InChI is InChI=1S/C18H23N3OS2/c1-13-3-2-4-15-16(13)19-18(24-15)21-7-5-14(6-8-21)17(22)20-9-11-23-12-10-20/h2-4,14H,5-12H2,1H3. The van der Waals surface area contributed by atoms with Crippen molar-refractivity contribution in [2.75, 3.05) is 42.6 Å². The van der Waals surface area contributed by atoms with Gasteiger partial charge in [-0.15, -0.1) is 0 Å². The van der Waals surface area contributed by atoms with E-state index in [0.29, 0.717) is 5.91 Å². The zero-order valence-corrected chi connectivity index (χ0v) is 15.7. The molecule has 0 unspecified atom stereocenters. The van der Waals surface area contributed by atoms with Gasteiger partial charge in [0.25, 0.3) is 0 Å². The van der Waals surface area contributed by atoms with Crippen LogP contribution in [-0.4, -0.2) is 53.5 Å². The van der Waals surface area contributed by atoms with Crippen LogP contribution in [0.1, 0.15) is 18.4 Å². The second kappa shape index (κ2) is 6.92. The molecule has 2 aliphatic heterocycles. The van der Waals surface area contributed by atoms with Crippen LogP contribution in [0.5, 0.6) is 0 Å². The molecule has 24 heavy (non-hydrogen) atoms. The second-order valence-electron chi connectivity index (χ2n) is 6.62. The first-order chi connectivity index (χ1) is 11.7. The minimum atomic E-state index is 0.209. The number of carbonyl (C=O) groups excluding carboxylic acids is 1. The lowest BCUT2D eigenvalue weighted by molar-refractivity contribution is -0.135. The molecule has 0 bridgehead atoms. The maximum atomic E-state index is 12.7. The quantitative estimate of drug-likeness (QED) is 0.821. The number of piperidine rings is 1. The Morgan fingerprint density at radius 2 is 1.92 bits per heavy atom. The van der Waals surface area contributed by atoms with Crippen LogP contribution >= 0.6 is 23.1 Å². The molecule has 0 atom stereocenters. The number of fused-ring (bicyclic) bond motifs is 1. The maximum absolute atomic E-state index is 12.7. The Hall–Kier alpha value is -1.27. The zero-order valence-electron chi connectivity index (χ0n) is 14.0. The van der Waals surface area contributed by atoms with Gasteiger partial charge in [0.15, 0.2) is 5.13 Å². The summed E-state index contributed by atoms with van der Waals surface area (Å²) in [5.74, 6) is 2.78. The van der Waals surface area contributed by atoms with Crippen molar-refractivity contribution in [3.05, 3.63) is 23.8 Å². The van der Waals surface area contributed by atoms with Gasteiger partial charge in [0.05, 0.1) is 10.2 Å². The lowest BCUT2D eigenvalue weighted by Crippen LogP contribution is -2.45. The van der Waals surface area contributed by atoms with Crippen molar-refractivity contribution in [2.24, 2.45) is 5.92 Å². The van der Waals surface area contributed by atoms with Crippen molar-refractivity contribution >= 4 is 44.4 Å². The summed E-state index contributed by atoms with van der Waals surface area (Å²) in [6.07, 6.45) is 1.91. The second-order valence-corrected chi connectivity index (χ2v) is 8.85. The van der Waals surface area contributed by atoms with Crippen LogP contribution in [0.2, 0.25) is 0 Å². The maximum Gasteiger partial charge on any atom is 0.225 e. The van der Waals surface area contributed by atoms with E-state index in [1.165, 1.54) is 10.3 Å². The minimum absolute atomic E-state index is 0.209. The van der Waals surface area contributed by atoms with Gasteiger partial charge in [0.1, 0.15) is 0 Å². The lowest BCUT2D eigenvalue weighted by atomic mass is 9.95. The Kier molecular flexibility index (Phi) is 4.68. The van der Waals surface area contributed by atoms with E-state index in [2.05, 4.69) is 34.9 Å². The Bertz CT molecular complexity index is 731. The van der Waals surface area contributed by atoms with E-state index in [4.69, 9.17) is 4.98 Å². The molecule has 3 heterocycles. The molecular formula is C18H23N3OS2. The van der Waals surface area contributed by atoms with Crippen LogP contribution in [0.25, 0.3) is 10.2 Å². The normalized spacial score (nSPS) is 19.9. The van der Waals surface area contributed by atoms with Crippen molar-refractivity contribution in [3.63, 3.8) is 0 Å². The van der Waals surface area contributed by atoms with Crippen LogP contribution in [0.3, 0.4) is 0 Å². The van der Waals surface area contributed by atoms with E-state index in [1.54, 1.807) is 11.3 Å². The third-order valence-electron chi connectivity index (χ3n) is 5.05. The van der Waals surface area contributed by atoms with Gasteiger partial charge < -0.3 is 9.80 Å². The molecule has 2 aliphatic rings. The molecule has 128 valence electrons. The summed E-state index contributed by atoms with van der Waals surface area (Å²) in [4.78, 5) is 22.0. The fourth-order valence-electron chi connectivity index (χ4n) is 3.57. The molecule has 0 saturated carbocycles. The summed E-state index contributed by atoms with van der Waals surface area (Å²) in [6.45, 7) is 5.87. The number of anilines is 1. The van der Waals surface area contributed by atoms with E-state index < -0.39 is 0 Å². The highest BCUT2D eigenvalue weighted by Gasteiger charge is 2.30. The molecule has 1 aromatic heterocycles. The summed E-state index contributed by atoms with van der Waals surface area (Å²) in [5, 5.41) is 1.11. The zero-order chi connectivity index (χ0) is 16.5. The average Bonchev–Trinajstić information content (AvgIpc) is 3.08. The lowest BCUT2D eigenvalue weighted by Gasteiger charge is -2.35. The van der Waals surface area contributed by atoms with E-state index in [9.17, 15) is 4.79 Å². The number of carbonyl (C=O) groups is 1. The van der Waals surface area contributed by atoms with Gasteiger partial charge in [-0.2, -0.15) is 11.8 Å². The number of aryl methyl sites for hydroxylation is 1. The predicted octanol–water partition coefficient (Wildman–Crippen LogP) is 3.40. The van der Waals surface area contributed by atoms with Crippen molar-refractivity contribution in [3.8, 4) is 0 Å². The highest BCUT2D eigenvalue weighted by Crippen LogP contribution is 2.33. The Balaban J connectivity index is 1.41. The van der Waals surface area contributed by atoms with Crippen molar-refractivity contribution in [2.45, 2.75) is 19.8 Å². The van der Waals surface area contributed by atoms with E-state index in [-0.39, 0.29) is 5.92 Å². The average molecular weight is 362 g/mol. The Labute approximate surface area is 151 Å². The first-order valence-corrected chi connectivity index (χ1v) is 10.7. The first-order valence-electron chi connectivity index (χ1n) is 8.70. The van der Waals surface area contributed by atoms with Crippen LogP contribution in [0.4, 0.5) is 5.13 Å². The van der Waals surface area contributed by atoms with Crippen LogP contribution in [-0.2, 0) is 4.79 Å². The van der Waals surface area contributed by atoms with Gasteiger partial charge in [-0.1, -0.05) is 23.5 Å². The third-order valence-corrected chi connectivity index (χ3v) is 7.07. The van der Waals surface area contributed by atoms with E-state index in [0.717, 1.165) is 61.2 Å². The highest BCUT2D eigenvalue weighted by molar-refractivity contribution is 7.99. The molecule has 0 N–H and O–H groups in total. The van der Waals surface area contributed by atoms with Crippen LogP contribution in [0.15, 0.2) is 18.2 Å². The number of thioether (sulfide) groups is 1. The Morgan fingerprint density at radius 3 is 2.62 bits per heavy atom. The number of rotatable bonds is 2. The molecule has 6 heteroatoms. The molecule has 4 rings (SSSR count). The predicted molar refractivity (Wildman–Crippen MR) is 103 cm³/mol. The van der Waals surface area contributed by atoms with Crippen LogP contribution in [0, 0.1) is 12.8 Å². The molecule has 2 fully saturated rings. The number of para-hydroxylation sites is 1. The fraction of sp³-hybridized carbons (Fsp3) is 0.556. The molecule has 1 aromatic carbocycles. The molecular weight excluding hydrogens is 338 g/mol. The molecule has 2 saturated heterocycles. The van der Waals surface area contributed by atoms with Gasteiger partial charge in [0.2, 0.25) is 5.91 Å². The van der Waals surface area contributed by atoms with E-state index in [1.807, 2.05) is 11.8 Å². The summed E-state index contributed by atoms with van der Waals surface area (Å²) >= 11 is 3.73. The summed E-state index contributed by atoms with van der Waals surface area (Å²) in [7, 11) is 0. The Morgan fingerprint density at radius 1 is 1.17 bits per heavy atom. The van der Waals surface area contributed by atoms with Gasteiger partial charge in [0, 0.05) is 43.6 Å². The molecule has 0 spiro atoms. The number of amides is 1. The summed E-state index contributed by atoms with van der Waals surface area (Å²) in [6, 6.07) is 6.36. The number of nitrogens with zero attached hydrogens (tertiary/aromatic N) is 3. The largest absolute Gasteiger partial charge is 0.348 e. The fourth-order valence-corrected chi connectivity index (χ4v) is 5.57. The first kappa shape index (κ1) is 16.2. The topological polar surface area (TPSA) is 36.4 Å². The van der Waals surface area contributed by atoms with Gasteiger partial charge in [-0.3, -0.25) is 4.79 Å². The number of thiazole rings is 1. The van der Waals surface area contributed by atoms with Gasteiger partial charge >= 0.3 is 0 Å². The number of aromatic nitrogens is 1. The van der Waals surface area contributed by atoms with Gasteiger partial charge in [-0.25, -0.2) is 4.98 Å². The van der Waals surface area contributed by atoms with Crippen LogP contribution < -0.4 is 4.90 Å². The summed E-state index contributed by atoms with van der Waals surface area (Å²) < 4.78 is 1.26. The van der Waals surface area contributed by atoms with Crippen molar-refractivity contribution < 1.29 is 4.79 Å². The smallest absolute Gasteiger partial charge is 0.225 e. The molecule has 1 amide bonds. The van der Waals surface area contributed by atoms with Gasteiger partial charge in [-0.05, 0) is 31.4 Å². The minimum Gasteiger partial charge on any atom is -0.348 e. The number of benzene rings is 1. The highest BCUT2D eigenvalue weighted by atomic mass is 32.2. The molecule has 2 aromatic rings. The van der Waals surface area contributed by atoms with Crippen molar-refractivity contribution in [1.29, 1.82) is 0 Å². The monoisotopic (exact) mass is 361 g/mol. The summed E-state index contributed by atoms with van der Waals surface area (Å²) in [5.41, 5.74) is 2.37.